The highest BCUT2D eigenvalue weighted by Crippen LogP contribution is 2.26. The molecule has 2 amide bonds. The van der Waals surface area contributed by atoms with Gasteiger partial charge in [0.25, 0.3) is 0 Å². The molecule has 0 atom stereocenters. The fourth-order valence-corrected chi connectivity index (χ4v) is 4.13. The van der Waals surface area contributed by atoms with Gasteiger partial charge in [-0.15, -0.1) is 0 Å². The van der Waals surface area contributed by atoms with Crippen LogP contribution in [0, 0.1) is 0 Å². The van der Waals surface area contributed by atoms with Gasteiger partial charge in [-0.05, 0) is 42.9 Å². The highest BCUT2D eigenvalue weighted by molar-refractivity contribution is 5.90. The van der Waals surface area contributed by atoms with E-state index in [1.54, 1.807) is 12.4 Å². The van der Waals surface area contributed by atoms with E-state index in [0.717, 1.165) is 29.8 Å². The van der Waals surface area contributed by atoms with Gasteiger partial charge in [0.15, 0.2) is 0 Å². The number of carbonyl (C=O) groups excluding carboxylic acids is 2. The van der Waals surface area contributed by atoms with Gasteiger partial charge < -0.3 is 10.2 Å². The average molecular weight is 432 g/mol. The van der Waals surface area contributed by atoms with E-state index in [4.69, 9.17) is 0 Å². The number of aryl methyl sites for hydroxylation is 2. The molecule has 32 heavy (non-hydrogen) atoms. The normalized spacial score (nSPS) is 14.3. The zero-order chi connectivity index (χ0) is 22.2. The summed E-state index contributed by atoms with van der Waals surface area (Å²) < 4.78 is 1.90. The number of rotatable bonds is 8. The molecule has 1 aliphatic rings. The predicted molar refractivity (Wildman–Crippen MR) is 123 cm³/mol. The molecule has 2 aromatic heterocycles. The first kappa shape index (κ1) is 21.7. The molecule has 0 spiro atoms. The van der Waals surface area contributed by atoms with Crippen molar-refractivity contribution in [3.8, 4) is 0 Å². The van der Waals surface area contributed by atoms with E-state index in [1.807, 2.05) is 64.3 Å². The summed E-state index contributed by atoms with van der Waals surface area (Å²) in [6.07, 6.45) is 9.28. The van der Waals surface area contributed by atoms with Crippen LogP contribution in [-0.4, -0.2) is 44.6 Å². The lowest BCUT2D eigenvalue weighted by molar-refractivity contribution is -0.132. The van der Waals surface area contributed by atoms with E-state index >= 15 is 0 Å². The fraction of sp³-hybridized carbons (Fsp3) is 0.360. The molecule has 4 rings (SSSR count). The molecule has 0 saturated carbocycles. The van der Waals surface area contributed by atoms with Crippen LogP contribution >= 0.6 is 0 Å². The number of piperidine rings is 1. The maximum atomic E-state index is 12.6. The summed E-state index contributed by atoms with van der Waals surface area (Å²) in [6, 6.07) is 15.9. The van der Waals surface area contributed by atoms with Crippen molar-refractivity contribution >= 4 is 17.6 Å². The molecule has 0 aliphatic carbocycles. The monoisotopic (exact) mass is 431 g/mol. The first-order valence-corrected chi connectivity index (χ1v) is 11.2. The summed E-state index contributed by atoms with van der Waals surface area (Å²) in [5.41, 5.74) is 2.23. The summed E-state index contributed by atoms with van der Waals surface area (Å²) in [6.45, 7) is 1.41. The Bertz CT molecular complexity index is 1010. The Hall–Kier alpha value is -3.48. The largest absolute Gasteiger partial charge is 0.343 e. The average Bonchev–Trinajstić information content (AvgIpc) is 3.30. The zero-order valence-corrected chi connectivity index (χ0v) is 18.2. The van der Waals surface area contributed by atoms with E-state index in [0.29, 0.717) is 38.8 Å². The van der Waals surface area contributed by atoms with Crippen molar-refractivity contribution in [2.75, 3.05) is 18.4 Å². The number of hydrogen-bond acceptors (Lipinski definition) is 4. The summed E-state index contributed by atoms with van der Waals surface area (Å²) in [4.78, 5) is 31.1. The first-order valence-electron chi connectivity index (χ1n) is 11.2. The van der Waals surface area contributed by atoms with Crippen molar-refractivity contribution in [1.82, 2.24) is 19.7 Å². The summed E-state index contributed by atoms with van der Waals surface area (Å²) >= 11 is 0. The Labute approximate surface area is 188 Å². The standard InChI is InChI=1S/C25H29N5O2/c31-24(10-8-20-5-2-1-3-6-20)28-23-12-16-27-30(23)22-13-17-29(18-14-22)25(32)11-9-21-7-4-15-26-19-21/h1-7,12,15-16,19,22H,8-11,13-14,17-18H2,(H,28,31). The van der Waals surface area contributed by atoms with E-state index in [-0.39, 0.29) is 17.9 Å². The zero-order valence-electron chi connectivity index (χ0n) is 18.2. The van der Waals surface area contributed by atoms with Crippen molar-refractivity contribution < 1.29 is 9.59 Å². The summed E-state index contributed by atoms with van der Waals surface area (Å²) in [5.74, 6) is 0.894. The molecule has 0 radical (unpaired) electrons. The number of amides is 2. The van der Waals surface area contributed by atoms with Crippen molar-refractivity contribution in [2.45, 2.75) is 44.6 Å². The number of carbonyl (C=O) groups is 2. The van der Waals surface area contributed by atoms with Crippen LogP contribution in [-0.2, 0) is 22.4 Å². The lowest BCUT2D eigenvalue weighted by Gasteiger charge is -2.32. The molecule has 7 nitrogen and oxygen atoms in total. The lowest BCUT2D eigenvalue weighted by atomic mass is 10.0. The highest BCUT2D eigenvalue weighted by atomic mass is 16.2. The Morgan fingerprint density at radius 1 is 0.906 bits per heavy atom. The minimum absolute atomic E-state index is 0.0152. The van der Waals surface area contributed by atoms with E-state index in [9.17, 15) is 9.59 Å². The molecule has 3 aromatic rings. The minimum Gasteiger partial charge on any atom is -0.343 e. The molecule has 166 valence electrons. The van der Waals surface area contributed by atoms with E-state index in [2.05, 4.69) is 15.4 Å². The molecule has 1 aromatic carbocycles. The Kier molecular flexibility index (Phi) is 7.27. The van der Waals surface area contributed by atoms with Gasteiger partial charge in [-0.2, -0.15) is 5.10 Å². The number of anilines is 1. The molecule has 0 bridgehead atoms. The Balaban J connectivity index is 1.25. The summed E-state index contributed by atoms with van der Waals surface area (Å²) in [5, 5.41) is 7.45. The van der Waals surface area contributed by atoms with Gasteiger partial charge >= 0.3 is 0 Å². The third kappa shape index (κ3) is 5.81. The fourth-order valence-electron chi connectivity index (χ4n) is 4.13. The molecule has 3 heterocycles. The number of nitrogens with one attached hydrogen (secondary N) is 1. The topological polar surface area (TPSA) is 80.1 Å². The van der Waals surface area contributed by atoms with Crippen LogP contribution in [0.1, 0.15) is 42.9 Å². The molecule has 0 unspecified atom stereocenters. The van der Waals surface area contributed by atoms with Gasteiger partial charge in [0.1, 0.15) is 5.82 Å². The van der Waals surface area contributed by atoms with Crippen molar-refractivity contribution in [1.29, 1.82) is 0 Å². The number of likely N-dealkylation sites (tertiary alicyclic amines) is 1. The van der Waals surface area contributed by atoms with Gasteiger partial charge in [-0.3, -0.25) is 14.6 Å². The second-order valence-corrected chi connectivity index (χ2v) is 8.17. The van der Waals surface area contributed by atoms with Gasteiger partial charge in [-0.1, -0.05) is 36.4 Å². The Morgan fingerprint density at radius 2 is 1.66 bits per heavy atom. The van der Waals surface area contributed by atoms with Crippen LogP contribution in [0.2, 0.25) is 0 Å². The summed E-state index contributed by atoms with van der Waals surface area (Å²) in [7, 11) is 0. The molecule has 1 aliphatic heterocycles. The van der Waals surface area contributed by atoms with Gasteiger partial charge in [-0.25, -0.2) is 4.68 Å². The second kappa shape index (κ2) is 10.7. The van der Waals surface area contributed by atoms with Gasteiger partial charge in [0.05, 0.1) is 12.2 Å². The number of hydrogen-bond donors (Lipinski definition) is 1. The molecule has 1 fully saturated rings. The quantitative estimate of drug-likeness (QED) is 0.590. The maximum absolute atomic E-state index is 12.6. The first-order chi connectivity index (χ1) is 15.7. The van der Waals surface area contributed by atoms with Crippen LogP contribution in [0.5, 0.6) is 0 Å². The third-order valence-corrected chi connectivity index (χ3v) is 5.93. The predicted octanol–water partition coefficient (Wildman–Crippen LogP) is 3.65. The Morgan fingerprint density at radius 3 is 2.41 bits per heavy atom. The van der Waals surface area contributed by atoms with E-state index < -0.39 is 0 Å². The number of aromatic nitrogens is 3. The molecule has 1 N–H and O–H groups in total. The number of pyridine rings is 1. The van der Waals surface area contributed by atoms with Crippen molar-refractivity contribution in [2.24, 2.45) is 0 Å². The van der Waals surface area contributed by atoms with Crippen LogP contribution in [0.3, 0.4) is 0 Å². The molecule has 7 heteroatoms. The molecular formula is C25H29N5O2. The van der Waals surface area contributed by atoms with Gasteiger partial charge in [0, 0.05) is 44.4 Å². The smallest absolute Gasteiger partial charge is 0.225 e. The highest BCUT2D eigenvalue weighted by Gasteiger charge is 2.25. The van der Waals surface area contributed by atoms with Crippen molar-refractivity contribution in [3.05, 3.63) is 78.2 Å². The van der Waals surface area contributed by atoms with E-state index in [1.165, 1.54) is 0 Å². The second-order valence-electron chi connectivity index (χ2n) is 8.17. The van der Waals surface area contributed by atoms with Crippen LogP contribution in [0.4, 0.5) is 5.82 Å². The minimum atomic E-state index is -0.0152. The lowest BCUT2D eigenvalue weighted by Crippen LogP contribution is -2.39. The van der Waals surface area contributed by atoms with Gasteiger partial charge in [0.2, 0.25) is 11.8 Å². The third-order valence-electron chi connectivity index (χ3n) is 5.93. The van der Waals surface area contributed by atoms with Crippen LogP contribution in [0.15, 0.2) is 67.1 Å². The van der Waals surface area contributed by atoms with Crippen LogP contribution in [0.25, 0.3) is 0 Å². The van der Waals surface area contributed by atoms with Crippen molar-refractivity contribution in [3.63, 3.8) is 0 Å². The molecule has 1 saturated heterocycles. The molecular weight excluding hydrogens is 402 g/mol. The number of nitrogens with zero attached hydrogens (tertiary/aromatic N) is 4. The van der Waals surface area contributed by atoms with Crippen LogP contribution < -0.4 is 5.32 Å². The number of benzene rings is 1. The SMILES string of the molecule is O=C(CCc1ccccc1)Nc1ccnn1C1CCN(C(=O)CCc2cccnc2)CC1. The maximum Gasteiger partial charge on any atom is 0.225 e.